The molecule has 2 N–H and O–H groups in total. The molecule has 4 nitrogen and oxygen atoms in total. The number of halogens is 1. The van der Waals surface area contributed by atoms with Gasteiger partial charge in [0.15, 0.2) is 0 Å². The van der Waals surface area contributed by atoms with Crippen molar-refractivity contribution >= 4 is 22.4 Å². The molecule has 142 valence electrons. The van der Waals surface area contributed by atoms with Crippen LogP contribution in [0.4, 0.5) is 0 Å². The standard InChI is InChI=1S/C21H29ClN2O2/c1-4-19(23)21(5-2)9-6-15(7-10-21)26-18-12-14-8-11-24-20(25-3)16(14)13-17(18)22/h8,11-13,15,19H,4-7,9-10,23H2,1-3H3/t15-,19-,21+/m0/s1. The van der Waals surface area contributed by atoms with Crippen molar-refractivity contribution < 1.29 is 9.47 Å². The summed E-state index contributed by atoms with van der Waals surface area (Å²) in [5.74, 6) is 1.32. The van der Waals surface area contributed by atoms with Crippen LogP contribution in [0.25, 0.3) is 10.8 Å². The summed E-state index contributed by atoms with van der Waals surface area (Å²) in [7, 11) is 1.61. The number of aromatic nitrogens is 1. The highest BCUT2D eigenvalue weighted by Gasteiger charge is 2.38. The first-order valence-electron chi connectivity index (χ1n) is 9.57. The smallest absolute Gasteiger partial charge is 0.221 e. The van der Waals surface area contributed by atoms with E-state index in [1.165, 1.54) is 0 Å². The lowest BCUT2D eigenvalue weighted by Crippen LogP contribution is -2.45. The first-order chi connectivity index (χ1) is 12.5. The van der Waals surface area contributed by atoms with Gasteiger partial charge in [-0.2, -0.15) is 0 Å². The van der Waals surface area contributed by atoms with E-state index in [1.807, 2.05) is 18.2 Å². The highest BCUT2D eigenvalue weighted by Crippen LogP contribution is 2.44. The summed E-state index contributed by atoms with van der Waals surface area (Å²) in [4.78, 5) is 4.23. The molecule has 0 unspecified atom stereocenters. The van der Waals surface area contributed by atoms with Crippen molar-refractivity contribution in [2.75, 3.05) is 7.11 Å². The first kappa shape index (κ1) is 19.2. The molecule has 0 radical (unpaired) electrons. The Morgan fingerprint density at radius 2 is 2.04 bits per heavy atom. The molecule has 0 amide bonds. The Morgan fingerprint density at radius 3 is 2.65 bits per heavy atom. The number of rotatable bonds is 6. The number of benzene rings is 1. The van der Waals surface area contributed by atoms with Crippen LogP contribution in [0.5, 0.6) is 11.6 Å². The average molecular weight is 377 g/mol. The zero-order valence-electron chi connectivity index (χ0n) is 15.9. The Morgan fingerprint density at radius 1 is 1.31 bits per heavy atom. The number of fused-ring (bicyclic) bond motifs is 1. The van der Waals surface area contributed by atoms with E-state index >= 15 is 0 Å². The van der Waals surface area contributed by atoms with Crippen molar-refractivity contribution in [3.8, 4) is 11.6 Å². The Labute approximate surface area is 161 Å². The Balaban J connectivity index is 1.75. The summed E-state index contributed by atoms with van der Waals surface area (Å²) in [5.41, 5.74) is 6.69. The minimum atomic E-state index is 0.192. The molecule has 1 aromatic heterocycles. The lowest BCUT2D eigenvalue weighted by atomic mass is 9.66. The third kappa shape index (κ3) is 3.63. The highest BCUT2D eigenvalue weighted by atomic mass is 35.5. The quantitative estimate of drug-likeness (QED) is 0.738. The molecule has 0 bridgehead atoms. The van der Waals surface area contributed by atoms with Crippen LogP contribution in [0.15, 0.2) is 24.4 Å². The molecule has 1 heterocycles. The van der Waals surface area contributed by atoms with Gasteiger partial charge >= 0.3 is 0 Å². The van der Waals surface area contributed by atoms with Gasteiger partial charge in [0.05, 0.1) is 18.2 Å². The van der Waals surface area contributed by atoms with E-state index in [1.54, 1.807) is 13.3 Å². The highest BCUT2D eigenvalue weighted by molar-refractivity contribution is 6.33. The maximum atomic E-state index is 6.48. The molecular formula is C21H29ClN2O2. The molecule has 0 saturated heterocycles. The van der Waals surface area contributed by atoms with E-state index in [4.69, 9.17) is 26.8 Å². The molecular weight excluding hydrogens is 348 g/mol. The molecule has 26 heavy (non-hydrogen) atoms. The van der Waals surface area contributed by atoms with Crippen LogP contribution in [0.2, 0.25) is 5.02 Å². The second-order valence-electron chi connectivity index (χ2n) is 7.37. The van der Waals surface area contributed by atoms with Gasteiger partial charge in [-0.3, -0.25) is 0 Å². The molecule has 3 rings (SSSR count). The molecule has 1 atom stereocenters. The number of nitrogens with two attached hydrogens (primary N) is 1. The third-order valence-electron chi connectivity index (χ3n) is 6.13. The van der Waals surface area contributed by atoms with Crippen LogP contribution >= 0.6 is 11.6 Å². The summed E-state index contributed by atoms with van der Waals surface area (Å²) < 4.78 is 11.6. The van der Waals surface area contributed by atoms with Crippen molar-refractivity contribution in [1.82, 2.24) is 4.98 Å². The number of hydrogen-bond acceptors (Lipinski definition) is 4. The van der Waals surface area contributed by atoms with Crippen molar-refractivity contribution in [3.05, 3.63) is 29.4 Å². The van der Waals surface area contributed by atoms with Crippen LogP contribution in [-0.4, -0.2) is 24.2 Å². The number of ether oxygens (including phenoxy) is 2. The first-order valence-corrected chi connectivity index (χ1v) is 9.95. The van der Waals surface area contributed by atoms with Gasteiger partial charge in [0, 0.05) is 17.6 Å². The monoisotopic (exact) mass is 376 g/mol. The maximum absolute atomic E-state index is 6.48. The Hall–Kier alpha value is -1.52. The summed E-state index contributed by atoms with van der Waals surface area (Å²) in [6.45, 7) is 4.45. The van der Waals surface area contributed by atoms with Gasteiger partial charge in [0.2, 0.25) is 5.88 Å². The van der Waals surface area contributed by atoms with Crippen LogP contribution in [0.1, 0.15) is 52.4 Å². The zero-order chi connectivity index (χ0) is 18.7. The minimum absolute atomic E-state index is 0.192. The number of nitrogens with zero attached hydrogens (tertiary/aromatic N) is 1. The molecule has 0 aliphatic heterocycles. The number of methoxy groups -OCH3 is 1. The zero-order valence-corrected chi connectivity index (χ0v) is 16.7. The Kier molecular flexibility index (Phi) is 5.93. The summed E-state index contributed by atoms with van der Waals surface area (Å²) in [5, 5.41) is 2.51. The van der Waals surface area contributed by atoms with Crippen LogP contribution in [0.3, 0.4) is 0 Å². The lowest BCUT2D eigenvalue weighted by molar-refractivity contribution is 0.0569. The van der Waals surface area contributed by atoms with E-state index in [2.05, 4.69) is 18.8 Å². The van der Waals surface area contributed by atoms with Crippen LogP contribution in [-0.2, 0) is 0 Å². The number of hydrogen-bond donors (Lipinski definition) is 1. The van der Waals surface area contributed by atoms with Gasteiger partial charge in [-0.05, 0) is 67.5 Å². The second kappa shape index (κ2) is 8.01. The van der Waals surface area contributed by atoms with E-state index in [-0.39, 0.29) is 17.6 Å². The van der Waals surface area contributed by atoms with Crippen molar-refractivity contribution in [3.63, 3.8) is 0 Å². The van der Waals surface area contributed by atoms with E-state index < -0.39 is 0 Å². The topological polar surface area (TPSA) is 57.4 Å². The summed E-state index contributed by atoms with van der Waals surface area (Å²) >= 11 is 6.48. The largest absolute Gasteiger partial charge is 0.489 e. The molecule has 1 saturated carbocycles. The summed E-state index contributed by atoms with van der Waals surface area (Å²) in [6, 6.07) is 6.09. The van der Waals surface area contributed by atoms with E-state index in [0.29, 0.717) is 10.9 Å². The van der Waals surface area contributed by atoms with Crippen molar-refractivity contribution in [2.24, 2.45) is 11.1 Å². The Bertz CT molecular complexity index is 757. The summed E-state index contributed by atoms with van der Waals surface area (Å²) in [6.07, 6.45) is 8.38. The molecule has 1 aliphatic rings. The third-order valence-corrected chi connectivity index (χ3v) is 6.42. The molecule has 1 aliphatic carbocycles. The fourth-order valence-electron chi connectivity index (χ4n) is 4.28. The normalized spacial score (nSPS) is 24.4. The van der Waals surface area contributed by atoms with Gasteiger partial charge in [-0.25, -0.2) is 4.98 Å². The molecule has 1 fully saturated rings. The molecule has 2 aromatic rings. The minimum Gasteiger partial charge on any atom is -0.489 e. The molecule has 5 heteroatoms. The van der Waals surface area contributed by atoms with Crippen molar-refractivity contribution in [1.29, 1.82) is 0 Å². The predicted octanol–water partition coefficient (Wildman–Crippen LogP) is 5.35. The lowest BCUT2D eigenvalue weighted by Gasteiger charge is -2.43. The van der Waals surface area contributed by atoms with Gasteiger partial charge in [-0.1, -0.05) is 25.4 Å². The second-order valence-corrected chi connectivity index (χ2v) is 7.78. The molecule has 1 aromatic carbocycles. The fraction of sp³-hybridized carbons (Fsp3) is 0.571. The van der Waals surface area contributed by atoms with Gasteiger partial charge < -0.3 is 15.2 Å². The van der Waals surface area contributed by atoms with Crippen LogP contribution < -0.4 is 15.2 Å². The SMILES string of the molecule is CC[C@H](N)[C@]1(CC)CC[C@H](Oc2cc3ccnc(OC)c3cc2Cl)CC1. The maximum Gasteiger partial charge on any atom is 0.221 e. The van der Waals surface area contributed by atoms with Gasteiger partial charge in [0.25, 0.3) is 0 Å². The number of pyridine rings is 1. The average Bonchev–Trinajstić information content (AvgIpc) is 2.68. The fourth-order valence-corrected chi connectivity index (χ4v) is 4.49. The van der Waals surface area contributed by atoms with E-state index in [9.17, 15) is 0 Å². The van der Waals surface area contributed by atoms with Gasteiger partial charge in [-0.15, -0.1) is 0 Å². The van der Waals surface area contributed by atoms with Crippen molar-refractivity contribution in [2.45, 2.75) is 64.5 Å². The molecule has 0 spiro atoms. The predicted molar refractivity (Wildman–Crippen MR) is 107 cm³/mol. The van der Waals surface area contributed by atoms with E-state index in [0.717, 1.165) is 55.0 Å². The van der Waals surface area contributed by atoms with Gasteiger partial charge in [0.1, 0.15) is 5.75 Å². The van der Waals surface area contributed by atoms with Crippen LogP contribution in [0, 0.1) is 5.41 Å².